The third-order valence-corrected chi connectivity index (χ3v) is 6.11. The van der Waals surface area contributed by atoms with E-state index in [1.807, 2.05) is 4.90 Å². The number of nitrogens with zero attached hydrogens (tertiary/aromatic N) is 4. The Hall–Kier alpha value is -3.40. The number of ether oxygens (including phenoxy) is 2. The highest BCUT2D eigenvalue weighted by Gasteiger charge is 2.38. The van der Waals surface area contributed by atoms with E-state index in [1.165, 1.54) is 0 Å². The Kier molecular flexibility index (Phi) is 8.10. The Bertz CT molecular complexity index is 1200. The highest BCUT2D eigenvalue weighted by molar-refractivity contribution is 5.76. The first-order valence-electron chi connectivity index (χ1n) is 11.6. The fourth-order valence-corrected chi connectivity index (χ4v) is 4.32. The van der Waals surface area contributed by atoms with Gasteiger partial charge in [-0.25, -0.2) is 10.1 Å². The molecule has 0 aromatic carbocycles. The average molecular weight is 550 g/mol. The van der Waals surface area contributed by atoms with E-state index >= 15 is 0 Å². The van der Waals surface area contributed by atoms with Crippen LogP contribution in [-0.4, -0.2) is 78.0 Å². The quantitative estimate of drug-likeness (QED) is 0.399. The number of fused-ring (bicyclic) bond motifs is 3. The number of aromatic amines is 1. The summed E-state index contributed by atoms with van der Waals surface area (Å²) in [5, 5.41) is 7.56. The van der Waals surface area contributed by atoms with Crippen LogP contribution in [0.5, 0.6) is 0 Å². The van der Waals surface area contributed by atoms with Crippen LogP contribution < -0.4 is 15.8 Å². The summed E-state index contributed by atoms with van der Waals surface area (Å²) >= 11 is 0. The summed E-state index contributed by atoms with van der Waals surface area (Å²) in [5.74, 6) is 0.202. The van der Waals surface area contributed by atoms with Crippen molar-refractivity contribution in [3.05, 3.63) is 45.5 Å². The zero-order chi connectivity index (χ0) is 27.5. The number of rotatable bonds is 7. The standard InChI is InChI=1S/C22H24F6N6O4/c23-21(24,25)14-7-13-11-38-12-15-10-33(3-4-34(15)19(13)30-8-14)17(35)1-5-37-6-2-29-16-9-31-32-20(36)18(16)22(26,27)28/h7-9,15H,1-6,10-12H2,(H2,29,32,36). The monoisotopic (exact) mass is 550 g/mol. The second kappa shape index (κ2) is 11.1. The molecule has 0 radical (unpaired) electrons. The Morgan fingerprint density at radius 3 is 2.68 bits per heavy atom. The van der Waals surface area contributed by atoms with Crippen LogP contribution in [-0.2, 0) is 33.2 Å². The van der Waals surface area contributed by atoms with Crippen LogP contribution in [0.1, 0.15) is 23.1 Å². The van der Waals surface area contributed by atoms with Gasteiger partial charge in [-0.2, -0.15) is 31.4 Å². The average Bonchev–Trinajstić information content (AvgIpc) is 3.03. The van der Waals surface area contributed by atoms with Crippen molar-refractivity contribution in [1.82, 2.24) is 20.1 Å². The van der Waals surface area contributed by atoms with Crippen LogP contribution in [0, 0.1) is 0 Å². The third-order valence-electron chi connectivity index (χ3n) is 6.11. The predicted octanol–water partition coefficient (Wildman–Crippen LogP) is 2.27. The van der Waals surface area contributed by atoms with Gasteiger partial charge < -0.3 is 24.6 Å². The smallest absolute Gasteiger partial charge is 0.381 e. The SMILES string of the molecule is O=C(CCOCCNc1cn[nH]c(=O)c1C(F)(F)F)N1CCN2c3ncc(C(F)(F)F)cc3COCC2C1. The van der Waals surface area contributed by atoms with Gasteiger partial charge in [0.1, 0.15) is 11.4 Å². The molecule has 2 aromatic rings. The lowest BCUT2D eigenvalue weighted by atomic mass is 10.1. The van der Waals surface area contributed by atoms with E-state index in [0.717, 1.165) is 18.5 Å². The highest BCUT2D eigenvalue weighted by Crippen LogP contribution is 2.34. The summed E-state index contributed by atoms with van der Waals surface area (Å²) in [7, 11) is 0. The van der Waals surface area contributed by atoms with Gasteiger partial charge in [0.15, 0.2) is 0 Å². The number of anilines is 2. The van der Waals surface area contributed by atoms with Crippen LogP contribution in [0.3, 0.4) is 0 Å². The summed E-state index contributed by atoms with van der Waals surface area (Å²) in [5.41, 5.74) is -3.74. The molecule has 4 heterocycles. The van der Waals surface area contributed by atoms with Crippen molar-refractivity contribution in [3.63, 3.8) is 0 Å². The molecule has 10 nitrogen and oxygen atoms in total. The zero-order valence-corrected chi connectivity index (χ0v) is 19.9. The summed E-state index contributed by atoms with van der Waals surface area (Å²) in [4.78, 5) is 31.6. The molecule has 1 fully saturated rings. The van der Waals surface area contributed by atoms with E-state index in [4.69, 9.17) is 9.47 Å². The molecule has 38 heavy (non-hydrogen) atoms. The molecule has 0 aliphatic carbocycles. The second-order valence-corrected chi connectivity index (χ2v) is 8.68. The molecule has 0 bridgehead atoms. The van der Waals surface area contributed by atoms with Gasteiger partial charge in [-0.3, -0.25) is 9.59 Å². The molecular weight excluding hydrogens is 526 g/mol. The summed E-state index contributed by atoms with van der Waals surface area (Å²) < 4.78 is 89.2. The van der Waals surface area contributed by atoms with Gasteiger partial charge in [-0.1, -0.05) is 0 Å². The molecule has 2 aromatic heterocycles. The Morgan fingerprint density at radius 1 is 1.16 bits per heavy atom. The molecule has 0 saturated carbocycles. The molecule has 16 heteroatoms. The van der Waals surface area contributed by atoms with Gasteiger partial charge in [-0.05, 0) is 6.07 Å². The summed E-state index contributed by atoms with van der Waals surface area (Å²) in [6.45, 7) is 1.11. The van der Waals surface area contributed by atoms with E-state index in [-0.39, 0.29) is 57.9 Å². The first kappa shape index (κ1) is 27.6. The maximum absolute atomic E-state index is 13.0. The van der Waals surface area contributed by atoms with Crippen LogP contribution in [0.15, 0.2) is 23.3 Å². The fourth-order valence-electron chi connectivity index (χ4n) is 4.32. The highest BCUT2D eigenvalue weighted by atomic mass is 19.4. The van der Waals surface area contributed by atoms with Crippen LogP contribution in [0.4, 0.5) is 37.8 Å². The molecule has 0 spiro atoms. The second-order valence-electron chi connectivity index (χ2n) is 8.68. The maximum Gasteiger partial charge on any atom is 0.423 e. The van der Waals surface area contributed by atoms with Crippen LogP contribution in [0.2, 0.25) is 0 Å². The van der Waals surface area contributed by atoms with Gasteiger partial charge in [0.2, 0.25) is 5.91 Å². The molecule has 1 saturated heterocycles. The minimum atomic E-state index is -4.86. The number of H-pyrrole nitrogens is 1. The summed E-state index contributed by atoms with van der Waals surface area (Å²) in [6, 6.07) is 0.749. The van der Waals surface area contributed by atoms with E-state index in [9.17, 15) is 35.9 Å². The number of nitrogens with one attached hydrogen (secondary N) is 2. The van der Waals surface area contributed by atoms with Crippen molar-refractivity contribution in [2.75, 3.05) is 56.2 Å². The van der Waals surface area contributed by atoms with Gasteiger partial charge >= 0.3 is 12.4 Å². The van der Waals surface area contributed by atoms with E-state index in [2.05, 4.69) is 15.4 Å². The topological polar surface area (TPSA) is 113 Å². The number of carbonyl (C=O) groups excluding carboxylic acids is 1. The van der Waals surface area contributed by atoms with Crippen molar-refractivity contribution in [1.29, 1.82) is 0 Å². The van der Waals surface area contributed by atoms with Crippen molar-refractivity contribution in [2.45, 2.75) is 31.4 Å². The first-order chi connectivity index (χ1) is 17.9. The van der Waals surface area contributed by atoms with Crippen molar-refractivity contribution in [3.8, 4) is 0 Å². The van der Waals surface area contributed by atoms with E-state index in [0.29, 0.717) is 24.5 Å². The molecule has 1 amide bonds. The van der Waals surface area contributed by atoms with Gasteiger partial charge in [0.05, 0.1) is 56.3 Å². The minimum Gasteiger partial charge on any atom is -0.381 e. The lowest BCUT2D eigenvalue weighted by Crippen LogP contribution is -2.56. The number of pyridine rings is 1. The van der Waals surface area contributed by atoms with Crippen molar-refractivity contribution < 1.29 is 40.6 Å². The first-order valence-corrected chi connectivity index (χ1v) is 11.6. The Balaban J connectivity index is 1.24. The Morgan fingerprint density at radius 2 is 1.95 bits per heavy atom. The van der Waals surface area contributed by atoms with Crippen molar-refractivity contribution in [2.24, 2.45) is 0 Å². The van der Waals surface area contributed by atoms with Crippen molar-refractivity contribution >= 4 is 17.4 Å². The zero-order valence-electron chi connectivity index (χ0n) is 19.9. The molecule has 2 aliphatic rings. The molecular formula is C22H24F6N6O4. The molecule has 2 N–H and O–H groups in total. The minimum absolute atomic E-state index is 0.0201. The maximum atomic E-state index is 13.0. The van der Waals surface area contributed by atoms with E-state index in [1.54, 1.807) is 10.00 Å². The van der Waals surface area contributed by atoms with Gasteiger partial charge in [0, 0.05) is 37.9 Å². The van der Waals surface area contributed by atoms with Crippen LogP contribution in [0.25, 0.3) is 0 Å². The summed E-state index contributed by atoms with van der Waals surface area (Å²) in [6.07, 6.45) is -7.70. The molecule has 1 unspecified atom stereocenters. The number of piperazine rings is 1. The molecule has 208 valence electrons. The lowest BCUT2D eigenvalue weighted by molar-refractivity contribution is -0.138. The number of hydrogen-bond acceptors (Lipinski definition) is 8. The number of amides is 1. The third kappa shape index (κ3) is 6.35. The molecule has 1 atom stereocenters. The fraction of sp³-hybridized carbons (Fsp3) is 0.545. The molecule has 2 aliphatic heterocycles. The number of carbonyl (C=O) groups is 1. The van der Waals surface area contributed by atoms with Gasteiger partial charge in [-0.15, -0.1) is 0 Å². The van der Waals surface area contributed by atoms with Crippen LogP contribution >= 0.6 is 0 Å². The largest absolute Gasteiger partial charge is 0.423 e. The number of hydrogen-bond donors (Lipinski definition) is 2. The molecule has 4 rings (SSSR count). The number of aromatic nitrogens is 3. The lowest BCUT2D eigenvalue weighted by Gasteiger charge is -2.41. The van der Waals surface area contributed by atoms with Gasteiger partial charge in [0.25, 0.3) is 5.56 Å². The number of halogens is 6. The Labute approximate surface area is 211 Å². The predicted molar refractivity (Wildman–Crippen MR) is 120 cm³/mol. The number of alkyl halides is 6. The normalized spacial score (nSPS) is 18.0. The van der Waals surface area contributed by atoms with E-state index < -0.39 is 34.7 Å².